The van der Waals surface area contributed by atoms with E-state index in [1.54, 1.807) is 11.3 Å². The summed E-state index contributed by atoms with van der Waals surface area (Å²) in [6.45, 7) is 6.64. The van der Waals surface area contributed by atoms with Crippen LogP contribution in [-0.2, 0) is 6.54 Å². The van der Waals surface area contributed by atoms with Crippen molar-refractivity contribution in [2.24, 2.45) is 0 Å². The molecule has 0 saturated carbocycles. The molecule has 2 aromatic rings. The predicted molar refractivity (Wildman–Crippen MR) is 85.4 cm³/mol. The quantitative estimate of drug-likeness (QED) is 0.943. The molecule has 19 heavy (non-hydrogen) atoms. The van der Waals surface area contributed by atoms with E-state index >= 15 is 0 Å². The van der Waals surface area contributed by atoms with E-state index in [9.17, 15) is 0 Å². The van der Waals surface area contributed by atoms with Crippen molar-refractivity contribution >= 4 is 35.1 Å². The molecule has 1 fully saturated rings. The second-order valence-electron chi connectivity index (χ2n) is 4.73. The first-order valence-electron chi connectivity index (χ1n) is 6.24. The van der Waals surface area contributed by atoms with Crippen LogP contribution in [0.4, 0.5) is 0 Å². The summed E-state index contributed by atoms with van der Waals surface area (Å²) in [5, 5.41) is 8.89. The minimum atomic E-state index is 0. The highest BCUT2D eigenvalue weighted by atomic mass is 35.5. The van der Waals surface area contributed by atoms with Gasteiger partial charge in [-0.3, -0.25) is 4.90 Å². The topological polar surface area (TPSA) is 28.2 Å². The molecule has 0 radical (unpaired) electrons. The van der Waals surface area contributed by atoms with E-state index in [1.807, 2.05) is 17.5 Å². The highest BCUT2D eigenvalue weighted by molar-refractivity contribution is 7.15. The first kappa shape index (κ1) is 14.9. The van der Waals surface area contributed by atoms with Crippen LogP contribution in [0.5, 0.6) is 0 Å². The number of aromatic nitrogens is 1. The Morgan fingerprint density at radius 3 is 3.16 bits per heavy atom. The zero-order chi connectivity index (χ0) is 12.4. The van der Waals surface area contributed by atoms with Gasteiger partial charge in [0.1, 0.15) is 5.01 Å². The Morgan fingerprint density at radius 1 is 1.53 bits per heavy atom. The lowest BCUT2D eigenvalue weighted by atomic mass is 10.2. The largest absolute Gasteiger partial charge is 0.312 e. The molecule has 1 N–H and O–H groups in total. The molecule has 1 unspecified atom stereocenters. The molecule has 0 aromatic carbocycles. The fraction of sp³-hybridized carbons (Fsp3) is 0.462. The third kappa shape index (κ3) is 3.77. The maximum absolute atomic E-state index is 4.53. The molecular formula is C13H18ClN3S2. The number of thiophene rings is 1. The monoisotopic (exact) mass is 315 g/mol. The van der Waals surface area contributed by atoms with Gasteiger partial charge in [0.05, 0.1) is 0 Å². The molecule has 1 aliphatic rings. The third-order valence-electron chi connectivity index (χ3n) is 3.15. The van der Waals surface area contributed by atoms with Crippen molar-refractivity contribution in [2.75, 3.05) is 19.6 Å². The fourth-order valence-electron chi connectivity index (χ4n) is 2.28. The van der Waals surface area contributed by atoms with Gasteiger partial charge in [0, 0.05) is 54.2 Å². The summed E-state index contributed by atoms with van der Waals surface area (Å²) in [5.74, 6) is 0. The lowest BCUT2D eigenvalue weighted by Crippen LogP contribution is -2.48. The summed E-state index contributed by atoms with van der Waals surface area (Å²) in [6.07, 6.45) is 2.03. The molecular weight excluding hydrogens is 298 g/mol. The number of nitrogens with one attached hydrogen (secondary N) is 1. The maximum Gasteiger partial charge on any atom is 0.124 e. The number of piperazine rings is 1. The molecule has 3 heterocycles. The molecule has 1 aliphatic heterocycles. The molecule has 0 amide bonds. The van der Waals surface area contributed by atoms with Gasteiger partial charge < -0.3 is 5.32 Å². The Bertz CT molecular complexity index is 498. The van der Waals surface area contributed by atoms with E-state index in [0.717, 1.165) is 31.2 Å². The SMILES string of the molecule is CC1CN(Cc2cnc(-c3ccsc3)s2)CCN1.Cl. The van der Waals surface area contributed by atoms with Gasteiger partial charge in [-0.05, 0) is 18.4 Å². The Kier molecular flexibility index (Phi) is 5.36. The van der Waals surface area contributed by atoms with Crippen molar-refractivity contribution in [3.63, 3.8) is 0 Å². The van der Waals surface area contributed by atoms with Crippen LogP contribution >= 0.6 is 35.1 Å². The van der Waals surface area contributed by atoms with Gasteiger partial charge in [0.15, 0.2) is 0 Å². The summed E-state index contributed by atoms with van der Waals surface area (Å²) in [7, 11) is 0. The summed E-state index contributed by atoms with van der Waals surface area (Å²) in [4.78, 5) is 8.40. The van der Waals surface area contributed by atoms with Crippen LogP contribution in [-0.4, -0.2) is 35.6 Å². The van der Waals surface area contributed by atoms with Gasteiger partial charge in [-0.25, -0.2) is 4.98 Å². The number of thiazole rings is 1. The Balaban J connectivity index is 0.00000133. The zero-order valence-electron chi connectivity index (χ0n) is 10.8. The molecule has 0 aliphatic carbocycles. The van der Waals surface area contributed by atoms with Gasteiger partial charge in [-0.15, -0.1) is 23.7 Å². The normalized spacial score (nSPS) is 20.2. The lowest BCUT2D eigenvalue weighted by molar-refractivity contribution is 0.201. The molecule has 1 atom stereocenters. The molecule has 2 aromatic heterocycles. The van der Waals surface area contributed by atoms with E-state index in [2.05, 4.69) is 39.0 Å². The van der Waals surface area contributed by atoms with Crippen molar-refractivity contribution < 1.29 is 0 Å². The average Bonchev–Trinajstić information content (AvgIpc) is 2.98. The molecule has 6 heteroatoms. The van der Waals surface area contributed by atoms with Gasteiger partial charge in [0.25, 0.3) is 0 Å². The number of halogens is 1. The minimum Gasteiger partial charge on any atom is -0.312 e. The minimum absolute atomic E-state index is 0. The molecule has 3 rings (SSSR count). The first-order valence-corrected chi connectivity index (χ1v) is 8.00. The van der Waals surface area contributed by atoms with Crippen LogP contribution < -0.4 is 5.32 Å². The molecule has 1 saturated heterocycles. The Hall–Kier alpha value is -0.460. The van der Waals surface area contributed by atoms with Crippen molar-refractivity contribution in [1.29, 1.82) is 0 Å². The summed E-state index contributed by atoms with van der Waals surface area (Å²) in [6, 6.07) is 2.74. The van der Waals surface area contributed by atoms with Crippen LogP contribution in [0.15, 0.2) is 23.0 Å². The maximum atomic E-state index is 4.53. The second kappa shape index (κ2) is 6.81. The smallest absolute Gasteiger partial charge is 0.124 e. The van der Waals surface area contributed by atoms with Gasteiger partial charge in [-0.1, -0.05) is 0 Å². The summed E-state index contributed by atoms with van der Waals surface area (Å²) in [5.41, 5.74) is 1.25. The Labute approximate surface area is 128 Å². The number of nitrogens with zero attached hydrogens (tertiary/aromatic N) is 2. The Morgan fingerprint density at radius 2 is 2.42 bits per heavy atom. The second-order valence-corrected chi connectivity index (χ2v) is 6.63. The van der Waals surface area contributed by atoms with E-state index in [0.29, 0.717) is 6.04 Å². The van der Waals surface area contributed by atoms with E-state index in [4.69, 9.17) is 0 Å². The van der Waals surface area contributed by atoms with Crippen molar-refractivity contribution in [3.8, 4) is 10.6 Å². The van der Waals surface area contributed by atoms with E-state index in [-0.39, 0.29) is 12.4 Å². The predicted octanol–water partition coefficient (Wildman–Crippen LogP) is 3.09. The lowest BCUT2D eigenvalue weighted by Gasteiger charge is -2.31. The van der Waals surface area contributed by atoms with Crippen molar-refractivity contribution in [2.45, 2.75) is 19.5 Å². The molecule has 3 nitrogen and oxygen atoms in total. The summed E-state index contributed by atoms with van der Waals surface area (Å²) >= 11 is 3.55. The van der Waals surface area contributed by atoms with Crippen LogP contribution in [0.25, 0.3) is 10.6 Å². The average molecular weight is 316 g/mol. The highest BCUT2D eigenvalue weighted by Crippen LogP contribution is 2.27. The molecule has 104 valence electrons. The molecule has 0 spiro atoms. The molecule has 0 bridgehead atoms. The number of hydrogen-bond acceptors (Lipinski definition) is 5. The zero-order valence-corrected chi connectivity index (χ0v) is 13.3. The van der Waals surface area contributed by atoms with Crippen molar-refractivity contribution in [1.82, 2.24) is 15.2 Å². The highest BCUT2D eigenvalue weighted by Gasteiger charge is 2.16. The third-order valence-corrected chi connectivity index (χ3v) is 4.87. The van der Waals surface area contributed by atoms with Crippen LogP contribution in [0, 0.1) is 0 Å². The van der Waals surface area contributed by atoms with Crippen LogP contribution in [0.3, 0.4) is 0 Å². The van der Waals surface area contributed by atoms with E-state index in [1.165, 1.54) is 10.4 Å². The van der Waals surface area contributed by atoms with E-state index < -0.39 is 0 Å². The van der Waals surface area contributed by atoms with Crippen LogP contribution in [0.1, 0.15) is 11.8 Å². The van der Waals surface area contributed by atoms with Crippen molar-refractivity contribution in [3.05, 3.63) is 27.9 Å². The number of rotatable bonds is 3. The van der Waals surface area contributed by atoms with Crippen LogP contribution in [0.2, 0.25) is 0 Å². The van der Waals surface area contributed by atoms with Gasteiger partial charge >= 0.3 is 0 Å². The number of hydrogen-bond donors (Lipinski definition) is 1. The first-order chi connectivity index (χ1) is 8.81. The fourth-order valence-corrected chi connectivity index (χ4v) is 3.94. The van der Waals surface area contributed by atoms with Gasteiger partial charge in [-0.2, -0.15) is 11.3 Å². The van der Waals surface area contributed by atoms with Gasteiger partial charge in [0.2, 0.25) is 0 Å². The standard InChI is InChI=1S/C13H17N3S2.ClH/c1-10-7-16(4-3-14-10)8-12-6-15-13(18-12)11-2-5-17-9-11;/h2,5-6,9-10,14H,3-4,7-8H2,1H3;1H. The summed E-state index contributed by atoms with van der Waals surface area (Å²) < 4.78 is 0.